The van der Waals surface area contributed by atoms with Crippen molar-refractivity contribution in [3.8, 4) is 11.5 Å². The molecule has 2 aliphatic heterocycles. The summed E-state index contributed by atoms with van der Waals surface area (Å²) in [5.74, 6) is 0.581. The average molecular weight is 829 g/mol. The van der Waals surface area contributed by atoms with Crippen LogP contribution in [-0.2, 0) is 40.1 Å². The molecule has 0 radical (unpaired) electrons. The lowest BCUT2D eigenvalue weighted by molar-refractivity contribution is -0.757. The van der Waals surface area contributed by atoms with Crippen LogP contribution in [0, 0.1) is 20.2 Å². The second-order valence-corrected chi connectivity index (χ2v) is 14.2. The van der Waals surface area contributed by atoms with Gasteiger partial charge in [0.15, 0.2) is 6.10 Å². The molecular formula is C38H52N8O13. The summed E-state index contributed by atoms with van der Waals surface area (Å²) in [6, 6.07) is 13.2. The van der Waals surface area contributed by atoms with E-state index in [0.29, 0.717) is 38.2 Å². The van der Waals surface area contributed by atoms with Gasteiger partial charge in [-0.05, 0) is 73.9 Å². The summed E-state index contributed by atoms with van der Waals surface area (Å²) in [6.45, 7) is 2.93. The number of rotatable bonds is 25. The highest BCUT2D eigenvalue weighted by atomic mass is 17.0. The molecule has 1 fully saturated rings. The van der Waals surface area contributed by atoms with Crippen molar-refractivity contribution >= 4 is 17.6 Å². The second kappa shape index (κ2) is 22.9. The molecule has 5 rings (SSSR count). The van der Waals surface area contributed by atoms with Gasteiger partial charge in [0.1, 0.15) is 18.1 Å². The zero-order valence-corrected chi connectivity index (χ0v) is 33.3. The molecule has 2 aromatic carbocycles. The Kier molecular flexibility index (Phi) is 17.2. The number of aromatic amines is 1. The minimum atomic E-state index is -0.997. The topological polar surface area (TPSA) is 246 Å². The van der Waals surface area contributed by atoms with Crippen LogP contribution < -0.4 is 14.4 Å². The van der Waals surface area contributed by atoms with Crippen LogP contribution in [0.2, 0.25) is 0 Å². The number of amides is 1. The van der Waals surface area contributed by atoms with E-state index in [2.05, 4.69) is 41.3 Å². The van der Waals surface area contributed by atoms with Crippen molar-refractivity contribution in [2.24, 2.45) is 0 Å². The third kappa shape index (κ3) is 13.6. The van der Waals surface area contributed by atoms with Gasteiger partial charge >= 0.3 is 5.97 Å². The number of carbonyl (C=O) groups is 2. The molecule has 1 aromatic heterocycles. The van der Waals surface area contributed by atoms with Crippen molar-refractivity contribution in [1.82, 2.24) is 25.5 Å². The van der Waals surface area contributed by atoms with Gasteiger partial charge in [0.25, 0.3) is 10.2 Å². The summed E-state index contributed by atoms with van der Waals surface area (Å²) >= 11 is 0. The third-order valence-corrected chi connectivity index (χ3v) is 10.2. The number of esters is 1. The van der Waals surface area contributed by atoms with Crippen LogP contribution in [0.4, 0.5) is 5.69 Å². The number of anilines is 1. The van der Waals surface area contributed by atoms with Crippen molar-refractivity contribution < 1.29 is 53.1 Å². The Morgan fingerprint density at radius 3 is 2.39 bits per heavy atom. The normalized spacial score (nSPS) is 18.0. The maximum absolute atomic E-state index is 14.1. The lowest BCUT2D eigenvalue weighted by Gasteiger charge is -2.45. The van der Waals surface area contributed by atoms with Gasteiger partial charge in [0.2, 0.25) is 11.7 Å². The van der Waals surface area contributed by atoms with Crippen molar-refractivity contribution in [1.29, 1.82) is 0 Å². The van der Waals surface area contributed by atoms with E-state index in [0.717, 1.165) is 42.1 Å². The Morgan fingerprint density at radius 2 is 1.71 bits per heavy atom. The van der Waals surface area contributed by atoms with Crippen molar-refractivity contribution in [3.63, 3.8) is 0 Å². The fourth-order valence-corrected chi connectivity index (χ4v) is 7.33. The van der Waals surface area contributed by atoms with Crippen LogP contribution in [0.25, 0.3) is 0 Å². The first-order valence-electron chi connectivity index (χ1n) is 19.7. The number of methoxy groups -OCH3 is 2. The highest BCUT2D eigenvalue weighted by Gasteiger charge is 2.41. The quantitative estimate of drug-likeness (QED) is 0.0545. The maximum Gasteiger partial charge on any atom is 0.306 e. The van der Waals surface area contributed by atoms with Crippen LogP contribution in [0.1, 0.15) is 86.8 Å². The lowest BCUT2D eigenvalue weighted by atomic mass is 9.81. The molecule has 21 heteroatoms. The second-order valence-electron chi connectivity index (χ2n) is 14.2. The number of fused-ring (bicyclic) bond motifs is 1. The molecule has 322 valence electrons. The van der Waals surface area contributed by atoms with Crippen molar-refractivity contribution in [3.05, 3.63) is 79.6 Å². The highest BCUT2D eigenvalue weighted by Crippen LogP contribution is 2.40. The third-order valence-electron chi connectivity index (χ3n) is 10.2. The molecule has 59 heavy (non-hydrogen) atoms. The fourth-order valence-electron chi connectivity index (χ4n) is 7.33. The molecule has 3 aromatic rings. The number of ether oxygens (including phenoxy) is 5. The summed E-state index contributed by atoms with van der Waals surface area (Å²) in [6.07, 6.45) is 1.13. The number of nitrogens with zero attached hydrogens (tertiary/aromatic N) is 7. The van der Waals surface area contributed by atoms with Gasteiger partial charge in [-0.1, -0.05) is 23.4 Å². The number of tetrazole rings is 1. The van der Waals surface area contributed by atoms with Gasteiger partial charge in [-0.3, -0.25) is 9.59 Å². The SMILES string of the molecule is COCCCN1CCOc2ccc(COC3CN(C(=O)CCCCO[N+](=O)[O-])C(CC(OC(=O)CCCCO[N+](=O)[O-])c4nn[nH]n4)CC3c3ccc(OC)cc3)cc21. The summed E-state index contributed by atoms with van der Waals surface area (Å²) in [5.41, 5.74) is 2.87. The van der Waals surface area contributed by atoms with E-state index in [1.165, 1.54) is 0 Å². The Balaban J connectivity index is 1.39. The van der Waals surface area contributed by atoms with E-state index in [4.69, 9.17) is 23.7 Å². The molecule has 0 bridgehead atoms. The molecule has 0 saturated carbocycles. The van der Waals surface area contributed by atoms with Crippen LogP contribution >= 0.6 is 0 Å². The fraction of sp³-hybridized carbons (Fsp3) is 0.605. The zero-order valence-electron chi connectivity index (χ0n) is 33.3. The molecule has 0 aliphatic carbocycles. The highest BCUT2D eigenvalue weighted by molar-refractivity contribution is 5.77. The number of unbranched alkanes of at least 4 members (excludes halogenated alkanes) is 2. The average Bonchev–Trinajstić information content (AvgIpc) is 3.78. The van der Waals surface area contributed by atoms with Gasteiger partial charge in [-0.2, -0.15) is 5.21 Å². The van der Waals surface area contributed by atoms with E-state index in [1.807, 2.05) is 36.4 Å². The largest absolute Gasteiger partial charge is 0.497 e. The van der Waals surface area contributed by atoms with Crippen LogP contribution in [-0.4, -0.2) is 120 Å². The van der Waals surface area contributed by atoms with E-state index in [1.54, 1.807) is 19.1 Å². The Hall–Kier alpha value is -5.83. The number of H-pyrrole nitrogens is 1. The molecule has 2 aliphatic rings. The van der Waals surface area contributed by atoms with Crippen LogP contribution in [0.15, 0.2) is 42.5 Å². The number of piperidine rings is 1. The molecule has 1 saturated heterocycles. The lowest BCUT2D eigenvalue weighted by Crippen LogP contribution is -2.53. The van der Waals surface area contributed by atoms with Crippen molar-refractivity contribution in [2.75, 3.05) is 65.2 Å². The minimum Gasteiger partial charge on any atom is -0.497 e. The summed E-state index contributed by atoms with van der Waals surface area (Å²) in [7, 11) is 3.28. The number of hydrogen-bond donors (Lipinski definition) is 1. The van der Waals surface area contributed by atoms with Gasteiger partial charge < -0.3 is 43.2 Å². The summed E-state index contributed by atoms with van der Waals surface area (Å²) < 4.78 is 29.3. The summed E-state index contributed by atoms with van der Waals surface area (Å²) in [4.78, 5) is 61.2. The van der Waals surface area contributed by atoms with Crippen molar-refractivity contribution in [2.45, 2.75) is 88.6 Å². The smallest absolute Gasteiger partial charge is 0.306 e. The first-order valence-corrected chi connectivity index (χ1v) is 19.7. The molecule has 21 nitrogen and oxygen atoms in total. The van der Waals surface area contributed by atoms with Crippen LogP contribution in [0.5, 0.6) is 11.5 Å². The predicted molar refractivity (Wildman–Crippen MR) is 206 cm³/mol. The first-order chi connectivity index (χ1) is 28.6. The standard InChI is InChI=1S/C38H52N8O13/c1-53-18-7-16-43-17-21-55-33-15-10-27(22-32(33)43)26-56-35-25-44(36(47)8-3-5-19-57-45(49)50)29(23-31(35)28-11-13-30(54-2)14-12-28)24-34(38-39-41-42-40-38)59-37(48)9-4-6-20-58-46(51)52/h10-15,22,29,31,34-35H,3-9,16-21,23-26H2,1-2H3,(H,39,40,41,42). The number of aromatic nitrogens is 4. The Labute approximate surface area is 340 Å². The van der Waals surface area contributed by atoms with E-state index < -0.39 is 34.4 Å². The number of nitrogens with one attached hydrogen (secondary N) is 1. The molecule has 4 atom stereocenters. The zero-order chi connectivity index (χ0) is 42.0. The van der Waals surface area contributed by atoms with E-state index in [9.17, 15) is 29.8 Å². The Morgan fingerprint density at radius 1 is 0.966 bits per heavy atom. The number of likely N-dealkylation sites (tertiary alicyclic amines) is 1. The predicted octanol–water partition coefficient (Wildman–Crippen LogP) is 4.15. The van der Waals surface area contributed by atoms with E-state index >= 15 is 0 Å². The summed E-state index contributed by atoms with van der Waals surface area (Å²) in [5, 5.41) is 33.7. The first kappa shape index (κ1) is 44.3. The molecule has 1 amide bonds. The number of hydrogen-bond acceptors (Lipinski definition) is 17. The number of benzene rings is 2. The van der Waals surface area contributed by atoms with E-state index in [-0.39, 0.29) is 76.1 Å². The molecule has 4 unspecified atom stereocenters. The van der Waals surface area contributed by atoms with Gasteiger partial charge in [-0.25, -0.2) is 0 Å². The Bertz CT molecular complexity index is 1790. The van der Waals surface area contributed by atoms with Crippen LogP contribution in [0.3, 0.4) is 0 Å². The van der Waals surface area contributed by atoms with Gasteiger partial charge in [0.05, 0.1) is 45.3 Å². The maximum atomic E-state index is 14.1. The van der Waals surface area contributed by atoms with Gasteiger partial charge in [-0.15, -0.1) is 30.4 Å². The minimum absolute atomic E-state index is 0.0426. The van der Waals surface area contributed by atoms with Gasteiger partial charge in [0, 0.05) is 58.0 Å². The molecule has 3 heterocycles. The molecule has 0 spiro atoms. The number of carbonyl (C=O) groups excluding carboxylic acids is 2. The molecular weight excluding hydrogens is 776 g/mol. The monoisotopic (exact) mass is 828 g/mol. The molecule has 1 N–H and O–H groups in total.